The van der Waals surface area contributed by atoms with E-state index in [1.807, 2.05) is 55.5 Å². The van der Waals surface area contributed by atoms with Gasteiger partial charge in [-0.2, -0.15) is 0 Å². The maximum absolute atomic E-state index is 13.8. The SMILES string of the molecule is CCC(Sc1cccc(NC(=O)/C(=C\c2ccc(C(C)C)cc2)NC(=O)c2ccccc2)c1)C(=O)Nc1sc2c(c1C(=O)OC)CCC(C(C)(C)C)C2. The van der Waals surface area contributed by atoms with Crippen molar-refractivity contribution in [3.05, 3.63) is 117 Å². The number of rotatable bonds is 12. The Hall–Kier alpha value is -4.67. The molecule has 3 aromatic carbocycles. The molecule has 2 atom stereocenters. The molecule has 1 aliphatic rings. The molecule has 3 N–H and O–H groups in total. The smallest absolute Gasteiger partial charge is 0.341 e. The highest BCUT2D eigenvalue weighted by atomic mass is 32.2. The summed E-state index contributed by atoms with van der Waals surface area (Å²) < 4.78 is 5.16. The molecule has 10 heteroatoms. The van der Waals surface area contributed by atoms with E-state index < -0.39 is 23.0 Å². The molecule has 4 aromatic rings. The van der Waals surface area contributed by atoms with Crippen LogP contribution in [0, 0.1) is 11.3 Å². The largest absolute Gasteiger partial charge is 0.465 e. The van der Waals surface area contributed by atoms with Gasteiger partial charge in [0.15, 0.2) is 0 Å². The Morgan fingerprint density at radius 1 is 0.962 bits per heavy atom. The minimum atomic E-state index is -0.486. The first-order valence-corrected chi connectivity index (χ1v) is 19.8. The molecule has 0 spiro atoms. The summed E-state index contributed by atoms with van der Waals surface area (Å²) >= 11 is 2.86. The lowest BCUT2D eigenvalue weighted by molar-refractivity contribution is -0.116. The molecule has 0 aliphatic heterocycles. The van der Waals surface area contributed by atoms with Crippen LogP contribution in [0.5, 0.6) is 0 Å². The molecule has 53 heavy (non-hydrogen) atoms. The Bertz CT molecular complexity index is 1980. The zero-order valence-corrected chi connectivity index (χ0v) is 33.1. The van der Waals surface area contributed by atoms with Gasteiger partial charge in [-0.05, 0) is 96.0 Å². The molecule has 1 heterocycles. The number of hydrogen-bond donors (Lipinski definition) is 3. The molecule has 8 nitrogen and oxygen atoms in total. The van der Waals surface area contributed by atoms with Gasteiger partial charge in [-0.15, -0.1) is 23.1 Å². The minimum absolute atomic E-state index is 0.0916. The zero-order valence-electron chi connectivity index (χ0n) is 31.5. The number of hydrogen-bond acceptors (Lipinski definition) is 7. The second-order valence-electron chi connectivity index (χ2n) is 14.7. The number of thiophene rings is 1. The average molecular weight is 752 g/mol. The van der Waals surface area contributed by atoms with E-state index in [-0.39, 0.29) is 17.0 Å². The Morgan fingerprint density at radius 2 is 1.68 bits per heavy atom. The standard InChI is InChI=1S/C43H49N3O5S2/c1-8-35(40(49)46-41-37(42(50)51-7)33-22-21-30(43(4,5)6)24-36(33)53-41)52-32-16-12-15-31(25-32)44-39(48)34(45-38(47)29-13-10-9-11-14-29)23-27-17-19-28(20-18-27)26(2)3/h9-20,23,25-26,30,35H,8,21-22,24H2,1-7H3,(H,44,48)(H,45,47)(H,46,49)/b34-23+. The fourth-order valence-corrected chi connectivity index (χ4v) is 8.67. The molecule has 1 aliphatic carbocycles. The highest BCUT2D eigenvalue weighted by Crippen LogP contribution is 2.45. The van der Waals surface area contributed by atoms with E-state index in [4.69, 9.17) is 4.74 Å². The minimum Gasteiger partial charge on any atom is -0.465 e. The predicted octanol–water partition coefficient (Wildman–Crippen LogP) is 9.73. The molecule has 0 saturated heterocycles. The van der Waals surface area contributed by atoms with Crippen molar-refractivity contribution in [3.8, 4) is 0 Å². The highest BCUT2D eigenvalue weighted by Gasteiger charge is 2.35. The molecule has 0 saturated carbocycles. The first-order chi connectivity index (χ1) is 25.3. The van der Waals surface area contributed by atoms with Crippen LogP contribution in [-0.2, 0) is 27.2 Å². The number of benzene rings is 3. The lowest BCUT2D eigenvalue weighted by Gasteiger charge is -2.33. The third-order valence-corrected chi connectivity index (χ3v) is 12.1. The van der Waals surface area contributed by atoms with Gasteiger partial charge in [0.1, 0.15) is 10.7 Å². The Balaban J connectivity index is 1.32. The Morgan fingerprint density at radius 3 is 2.32 bits per heavy atom. The van der Waals surface area contributed by atoms with Gasteiger partial charge in [-0.1, -0.05) is 90.1 Å². The summed E-state index contributed by atoms with van der Waals surface area (Å²) in [6, 6.07) is 23.9. The fourth-order valence-electron chi connectivity index (χ4n) is 6.34. The molecule has 278 valence electrons. The first kappa shape index (κ1) is 39.5. The van der Waals surface area contributed by atoms with E-state index in [0.717, 1.165) is 40.2 Å². The molecular formula is C43H49N3O5S2. The Labute approximate surface area is 321 Å². The van der Waals surface area contributed by atoms with Gasteiger partial charge >= 0.3 is 5.97 Å². The second-order valence-corrected chi connectivity index (χ2v) is 17.1. The number of methoxy groups -OCH3 is 1. The number of carbonyl (C=O) groups excluding carboxylic acids is 4. The third kappa shape index (κ3) is 10.1. The summed E-state index contributed by atoms with van der Waals surface area (Å²) in [5.41, 5.74) is 4.57. The predicted molar refractivity (Wildman–Crippen MR) is 217 cm³/mol. The summed E-state index contributed by atoms with van der Waals surface area (Å²) in [5.74, 6) is -0.686. The van der Waals surface area contributed by atoms with Crippen LogP contribution in [0.25, 0.3) is 6.08 Å². The summed E-state index contributed by atoms with van der Waals surface area (Å²) in [6.45, 7) is 12.9. The van der Waals surface area contributed by atoms with Crippen molar-refractivity contribution < 1.29 is 23.9 Å². The van der Waals surface area contributed by atoms with Gasteiger partial charge in [-0.25, -0.2) is 4.79 Å². The Kier molecular flexibility index (Phi) is 13.0. The van der Waals surface area contributed by atoms with Crippen molar-refractivity contribution in [2.75, 3.05) is 17.7 Å². The van der Waals surface area contributed by atoms with E-state index in [2.05, 4.69) is 50.6 Å². The summed E-state index contributed by atoms with van der Waals surface area (Å²) in [7, 11) is 1.37. The first-order valence-electron chi connectivity index (χ1n) is 18.1. The van der Waals surface area contributed by atoms with E-state index in [1.165, 1.54) is 35.8 Å². The normalized spacial score (nSPS) is 14.9. The quantitative estimate of drug-likeness (QED) is 0.0755. The molecule has 5 rings (SSSR count). The zero-order chi connectivity index (χ0) is 38.3. The summed E-state index contributed by atoms with van der Waals surface area (Å²) in [6.07, 6.45) is 4.81. The fraction of sp³-hybridized carbons (Fsp3) is 0.349. The molecular weight excluding hydrogens is 703 g/mol. The molecule has 2 unspecified atom stereocenters. The van der Waals surface area contributed by atoms with Crippen molar-refractivity contribution in [2.45, 2.75) is 83.3 Å². The van der Waals surface area contributed by atoms with Gasteiger partial charge < -0.3 is 20.7 Å². The molecule has 1 aromatic heterocycles. The van der Waals surface area contributed by atoms with E-state index in [1.54, 1.807) is 36.4 Å². The van der Waals surface area contributed by atoms with Crippen LogP contribution in [0.4, 0.5) is 10.7 Å². The lowest BCUT2D eigenvalue weighted by Crippen LogP contribution is -2.30. The van der Waals surface area contributed by atoms with E-state index in [9.17, 15) is 19.2 Å². The van der Waals surface area contributed by atoms with Crippen molar-refractivity contribution in [1.29, 1.82) is 0 Å². The number of ether oxygens (including phenoxy) is 1. The van der Waals surface area contributed by atoms with Crippen molar-refractivity contribution in [1.82, 2.24) is 5.32 Å². The van der Waals surface area contributed by atoms with Gasteiger partial charge in [0.05, 0.1) is 17.9 Å². The maximum atomic E-state index is 13.8. The van der Waals surface area contributed by atoms with Crippen molar-refractivity contribution >= 4 is 63.6 Å². The summed E-state index contributed by atoms with van der Waals surface area (Å²) in [5, 5.41) is 8.87. The number of esters is 1. The number of fused-ring (bicyclic) bond motifs is 1. The van der Waals surface area contributed by atoms with Crippen LogP contribution in [0.15, 0.2) is 89.5 Å². The monoisotopic (exact) mass is 751 g/mol. The van der Waals surface area contributed by atoms with Gasteiger partial charge in [-0.3, -0.25) is 14.4 Å². The van der Waals surface area contributed by atoms with Crippen LogP contribution >= 0.6 is 23.1 Å². The average Bonchev–Trinajstić information content (AvgIpc) is 3.50. The summed E-state index contributed by atoms with van der Waals surface area (Å²) in [4.78, 5) is 55.5. The molecule has 3 amide bonds. The van der Waals surface area contributed by atoms with Crippen LogP contribution in [0.2, 0.25) is 0 Å². The van der Waals surface area contributed by atoms with Crippen LogP contribution in [0.3, 0.4) is 0 Å². The number of thioether (sulfide) groups is 1. The van der Waals surface area contributed by atoms with Gasteiger partial charge in [0.25, 0.3) is 11.8 Å². The molecule has 0 fully saturated rings. The number of amides is 3. The van der Waals surface area contributed by atoms with E-state index in [0.29, 0.717) is 40.1 Å². The second kappa shape index (κ2) is 17.4. The van der Waals surface area contributed by atoms with Crippen molar-refractivity contribution in [2.24, 2.45) is 11.3 Å². The van der Waals surface area contributed by atoms with E-state index >= 15 is 0 Å². The van der Waals surface area contributed by atoms with Crippen LogP contribution < -0.4 is 16.0 Å². The van der Waals surface area contributed by atoms with Crippen LogP contribution in [-0.4, -0.2) is 36.1 Å². The van der Waals surface area contributed by atoms with Crippen molar-refractivity contribution in [3.63, 3.8) is 0 Å². The van der Waals surface area contributed by atoms with Gasteiger partial charge in [0.2, 0.25) is 5.91 Å². The molecule has 0 bridgehead atoms. The number of nitrogens with one attached hydrogen (secondary N) is 3. The topological polar surface area (TPSA) is 114 Å². The molecule has 0 radical (unpaired) electrons. The maximum Gasteiger partial charge on any atom is 0.341 e. The lowest BCUT2D eigenvalue weighted by atomic mass is 9.72. The number of carbonyl (C=O) groups is 4. The highest BCUT2D eigenvalue weighted by molar-refractivity contribution is 8.00. The third-order valence-electron chi connectivity index (χ3n) is 9.59. The number of anilines is 2. The van der Waals surface area contributed by atoms with Gasteiger partial charge in [0, 0.05) is 21.0 Å². The van der Waals surface area contributed by atoms with Crippen LogP contribution in [0.1, 0.15) is 103 Å².